The highest BCUT2D eigenvalue weighted by molar-refractivity contribution is 7.80. The second kappa shape index (κ2) is 5.73. The second-order valence-corrected chi connectivity index (χ2v) is 5.18. The molecule has 18 heavy (non-hydrogen) atoms. The molecule has 2 rings (SSSR count). The largest absolute Gasteiger partial charge is 0.396 e. The Morgan fingerprint density at radius 3 is 2.89 bits per heavy atom. The number of likely N-dealkylation sites (tertiary alicyclic amines) is 1. The van der Waals surface area contributed by atoms with E-state index in [-0.39, 0.29) is 17.4 Å². The average molecular weight is 268 g/mol. The summed E-state index contributed by atoms with van der Waals surface area (Å²) < 4.78 is 13.9. The number of nitrogens with two attached hydrogens (primary N) is 1. The summed E-state index contributed by atoms with van der Waals surface area (Å²) in [5, 5.41) is 9.07. The SMILES string of the molecule is NC(=S)c1ccc(CN2CCC(CO)C2)c(F)c1. The number of aliphatic hydroxyl groups is 1. The van der Waals surface area contributed by atoms with Crippen molar-refractivity contribution in [3.05, 3.63) is 35.1 Å². The highest BCUT2D eigenvalue weighted by atomic mass is 32.1. The van der Waals surface area contributed by atoms with Crippen LogP contribution in [-0.4, -0.2) is 34.7 Å². The quantitative estimate of drug-likeness (QED) is 0.808. The first-order valence-corrected chi connectivity index (χ1v) is 6.42. The Bertz CT molecular complexity index is 453. The molecule has 1 unspecified atom stereocenters. The number of aliphatic hydroxyl groups excluding tert-OH is 1. The zero-order valence-corrected chi connectivity index (χ0v) is 10.9. The van der Waals surface area contributed by atoms with Gasteiger partial charge in [0.05, 0.1) is 0 Å². The maximum atomic E-state index is 13.9. The summed E-state index contributed by atoms with van der Waals surface area (Å²) in [7, 11) is 0. The lowest BCUT2D eigenvalue weighted by Crippen LogP contribution is -2.21. The van der Waals surface area contributed by atoms with Crippen LogP contribution in [0.3, 0.4) is 0 Å². The van der Waals surface area contributed by atoms with E-state index in [0.29, 0.717) is 23.6 Å². The van der Waals surface area contributed by atoms with E-state index in [1.54, 1.807) is 12.1 Å². The number of hydrogen-bond donors (Lipinski definition) is 2. The molecular formula is C13H17FN2OS. The molecule has 1 aromatic carbocycles. The molecule has 1 aliphatic rings. The monoisotopic (exact) mass is 268 g/mol. The maximum absolute atomic E-state index is 13.9. The predicted molar refractivity (Wildman–Crippen MR) is 72.8 cm³/mol. The van der Waals surface area contributed by atoms with Gasteiger partial charge in [0.1, 0.15) is 10.8 Å². The summed E-state index contributed by atoms with van der Waals surface area (Å²) in [5.41, 5.74) is 6.66. The van der Waals surface area contributed by atoms with Crippen molar-refractivity contribution < 1.29 is 9.50 Å². The van der Waals surface area contributed by atoms with Gasteiger partial charge < -0.3 is 10.8 Å². The molecule has 0 spiro atoms. The molecule has 0 aromatic heterocycles. The van der Waals surface area contributed by atoms with Crippen LogP contribution in [0.4, 0.5) is 4.39 Å². The molecule has 0 saturated carbocycles. The standard InChI is InChI=1S/C13H17FN2OS/c14-12-5-10(13(15)18)1-2-11(12)7-16-4-3-9(6-16)8-17/h1-2,5,9,17H,3-4,6-8H2,(H2,15,18). The third kappa shape index (κ3) is 3.04. The smallest absolute Gasteiger partial charge is 0.128 e. The van der Waals surface area contributed by atoms with Gasteiger partial charge in [0.25, 0.3) is 0 Å². The van der Waals surface area contributed by atoms with Crippen LogP contribution >= 0.6 is 12.2 Å². The molecule has 0 bridgehead atoms. The summed E-state index contributed by atoms with van der Waals surface area (Å²) in [5.74, 6) is 0.0525. The minimum atomic E-state index is -0.271. The fraction of sp³-hybridized carbons (Fsp3) is 0.462. The topological polar surface area (TPSA) is 49.5 Å². The van der Waals surface area contributed by atoms with E-state index < -0.39 is 0 Å². The fourth-order valence-electron chi connectivity index (χ4n) is 2.28. The maximum Gasteiger partial charge on any atom is 0.128 e. The molecule has 1 fully saturated rings. The molecule has 1 atom stereocenters. The van der Waals surface area contributed by atoms with Gasteiger partial charge in [-0.1, -0.05) is 24.4 Å². The van der Waals surface area contributed by atoms with E-state index in [4.69, 9.17) is 23.1 Å². The third-order valence-electron chi connectivity index (χ3n) is 3.36. The molecule has 0 radical (unpaired) electrons. The third-order valence-corrected chi connectivity index (χ3v) is 3.60. The highest BCUT2D eigenvalue weighted by Crippen LogP contribution is 2.20. The van der Waals surface area contributed by atoms with Crippen LogP contribution < -0.4 is 5.73 Å². The normalized spacial score (nSPS) is 20.2. The van der Waals surface area contributed by atoms with Crippen molar-refractivity contribution in [1.82, 2.24) is 4.90 Å². The van der Waals surface area contributed by atoms with Gasteiger partial charge in [0, 0.05) is 30.8 Å². The predicted octanol–water partition coefficient (Wildman–Crippen LogP) is 1.27. The van der Waals surface area contributed by atoms with Crippen LogP contribution in [0, 0.1) is 11.7 Å². The zero-order chi connectivity index (χ0) is 13.1. The van der Waals surface area contributed by atoms with E-state index in [1.165, 1.54) is 6.07 Å². The van der Waals surface area contributed by atoms with Gasteiger partial charge >= 0.3 is 0 Å². The fourth-order valence-corrected chi connectivity index (χ4v) is 2.40. The number of thiocarbonyl (C=S) groups is 1. The lowest BCUT2D eigenvalue weighted by atomic mass is 10.1. The van der Waals surface area contributed by atoms with Gasteiger partial charge in [0.2, 0.25) is 0 Å². The molecule has 5 heteroatoms. The molecule has 1 aromatic rings. The molecule has 1 aliphatic heterocycles. The molecule has 3 N–H and O–H groups in total. The molecule has 0 amide bonds. The van der Waals surface area contributed by atoms with Gasteiger partial charge in [-0.25, -0.2) is 4.39 Å². The number of halogens is 1. The second-order valence-electron chi connectivity index (χ2n) is 4.74. The lowest BCUT2D eigenvalue weighted by Gasteiger charge is -2.16. The minimum Gasteiger partial charge on any atom is -0.396 e. The van der Waals surface area contributed by atoms with Crippen molar-refractivity contribution in [2.75, 3.05) is 19.7 Å². The van der Waals surface area contributed by atoms with Crippen LogP contribution in [0.5, 0.6) is 0 Å². The van der Waals surface area contributed by atoms with Crippen LogP contribution in [0.15, 0.2) is 18.2 Å². The zero-order valence-electron chi connectivity index (χ0n) is 10.1. The van der Waals surface area contributed by atoms with Crippen LogP contribution in [0.1, 0.15) is 17.5 Å². The minimum absolute atomic E-state index is 0.208. The number of nitrogens with zero attached hydrogens (tertiary/aromatic N) is 1. The average Bonchev–Trinajstić information content (AvgIpc) is 2.79. The Kier molecular flexibility index (Phi) is 4.27. The number of rotatable bonds is 4. The van der Waals surface area contributed by atoms with Crippen molar-refractivity contribution >= 4 is 17.2 Å². The van der Waals surface area contributed by atoms with Gasteiger partial charge in [-0.15, -0.1) is 0 Å². The van der Waals surface area contributed by atoms with E-state index in [9.17, 15) is 4.39 Å². The first kappa shape index (κ1) is 13.4. The Balaban J connectivity index is 2.04. The Labute approximate surface area is 111 Å². The van der Waals surface area contributed by atoms with E-state index in [2.05, 4.69) is 4.90 Å². The Morgan fingerprint density at radius 2 is 2.33 bits per heavy atom. The van der Waals surface area contributed by atoms with Crippen molar-refractivity contribution in [2.45, 2.75) is 13.0 Å². The molecule has 1 saturated heterocycles. The van der Waals surface area contributed by atoms with Crippen molar-refractivity contribution in [2.24, 2.45) is 11.7 Å². The van der Waals surface area contributed by atoms with Gasteiger partial charge in [-0.2, -0.15) is 0 Å². The van der Waals surface area contributed by atoms with E-state index >= 15 is 0 Å². The van der Waals surface area contributed by atoms with E-state index in [1.807, 2.05) is 0 Å². The molecule has 1 heterocycles. The Hall–Kier alpha value is -1.04. The molecule has 0 aliphatic carbocycles. The summed E-state index contributed by atoms with van der Waals surface area (Å²) in [4.78, 5) is 2.36. The lowest BCUT2D eigenvalue weighted by molar-refractivity contribution is 0.219. The summed E-state index contributed by atoms with van der Waals surface area (Å²) in [6, 6.07) is 4.87. The van der Waals surface area contributed by atoms with Crippen LogP contribution in [0.2, 0.25) is 0 Å². The van der Waals surface area contributed by atoms with Crippen molar-refractivity contribution in [1.29, 1.82) is 0 Å². The van der Waals surface area contributed by atoms with Gasteiger partial charge in [-0.05, 0) is 24.9 Å². The summed E-state index contributed by atoms with van der Waals surface area (Å²) >= 11 is 4.81. The number of hydrogen-bond acceptors (Lipinski definition) is 3. The summed E-state index contributed by atoms with van der Waals surface area (Å²) in [6.07, 6.45) is 0.975. The van der Waals surface area contributed by atoms with E-state index in [0.717, 1.165) is 19.5 Å². The summed E-state index contributed by atoms with van der Waals surface area (Å²) in [6.45, 7) is 2.51. The first-order chi connectivity index (χ1) is 8.60. The highest BCUT2D eigenvalue weighted by Gasteiger charge is 2.22. The number of benzene rings is 1. The van der Waals surface area contributed by atoms with Crippen LogP contribution in [0.25, 0.3) is 0 Å². The van der Waals surface area contributed by atoms with Crippen LogP contribution in [-0.2, 0) is 6.54 Å². The van der Waals surface area contributed by atoms with Crippen molar-refractivity contribution in [3.8, 4) is 0 Å². The molecular weight excluding hydrogens is 251 g/mol. The first-order valence-electron chi connectivity index (χ1n) is 6.01. The van der Waals surface area contributed by atoms with Gasteiger partial charge in [-0.3, -0.25) is 4.90 Å². The Morgan fingerprint density at radius 1 is 1.56 bits per heavy atom. The van der Waals surface area contributed by atoms with Crippen molar-refractivity contribution in [3.63, 3.8) is 0 Å². The van der Waals surface area contributed by atoms with Gasteiger partial charge in [0.15, 0.2) is 0 Å². The molecule has 3 nitrogen and oxygen atoms in total. The molecule has 98 valence electrons.